The van der Waals surface area contributed by atoms with Crippen molar-refractivity contribution in [3.8, 4) is 0 Å². The van der Waals surface area contributed by atoms with Gasteiger partial charge in [0.1, 0.15) is 0 Å². The van der Waals surface area contributed by atoms with Gasteiger partial charge in [0.15, 0.2) is 0 Å². The lowest BCUT2D eigenvalue weighted by Gasteiger charge is -2.29. The first-order valence-electron chi connectivity index (χ1n) is 5.97. The third-order valence-corrected chi connectivity index (χ3v) is 3.08. The largest absolute Gasteiger partial charge is 0.388 e. The number of nitrogens with two attached hydrogens (primary N) is 1. The maximum absolute atomic E-state index is 12.0. The summed E-state index contributed by atoms with van der Waals surface area (Å²) >= 11 is 0. The lowest BCUT2D eigenvalue weighted by molar-refractivity contribution is -0.127. The van der Waals surface area contributed by atoms with Gasteiger partial charge >= 0.3 is 0 Å². The molecule has 1 aliphatic heterocycles. The number of hydrogen-bond donors (Lipinski definition) is 2. The van der Waals surface area contributed by atoms with E-state index in [0.29, 0.717) is 18.5 Å². The van der Waals surface area contributed by atoms with Crippen molar-refractivity contribution in [3.05, 3.63) is 23.8 Å². The fourth-order valence-electron chi connectivity index (χ4n) is 2.09. The first kappa shape index (κ1) is 12.6. The lowest BCUT2D eigenvalue weighted by atomic mass is 9.99. The summed E-state index contributed by atoms with van der Waals surface area (Å²) < 4.78 is 0. The summed E-state index contributed by atoms with van der Waals surface area (Å²) in [7, 11) is 1.83. The van der Waals surface area contributed by atoms with Gasteiger partial charge in [-0.25, -0.2) is 4.90 Å². The highest BCUT2D eigenvalue weighted by Gasteiger charge is 2.30. The summed E-state index contributed by atoms with van der Waals surface area (Å²) in [5.74, 6) is -0.528. The van der Waals surface area contributed by atoms with Gasteiger partial charge in [-0.1, -0.05) is 0 Å². The number of anilines is 2. The molecule has 18 heavy (non-hydrogen) atoms. The van der Waals surface area contributed by atoms with Crippen LogP contribution in [-0.2, 0) is 16.0 Å². The van der Waals surface area contributed by atoms with Crippen molar-refractivity contribution >= 4 is 23.2 Å². The molecule has 0 saturated carbocycles. The normalized spacial score (nSPS) is 16.2. The predicted molar refractivity (Wildman–Crippen MR) is 70.5 cm³/mol. The molecule has 0 aromatic heterocycles. The van der Waals surface area contributed by atoms with Crippen LogP contribution in [0.1, 0.15) is 18.9 Å². The molecule has 3 N–H and O–H groups in total. The molecule has 0 bridgehead atoms. The number of hydrogen-bond acceptors (Lipinski definition) is 4. The summed E-state index contributed by atoms with van der Waals surface area (Å²) in [4.78, 5) is 25.1. The van der Waals surface area contributed by atoms with Gasteiger partial charge in [0.05, 0.1) is 11.7 Å². The third kappa shape index (κ3) is 2.09. The molecule has 5 heteroatoms. The van der Waals surface area contributed by atoms with Gasteiger partial charge in [0.2, 0.25) is 11.8 Å². The number of nitrogens with zero attached hydrogens (tertiary/aromatic N) is 1. The van der Waals surface area contributed by atoms with Crippen LogP contribution < -0.4 is 16.0 Å². The molecule has 5 nitrogen and oxygen atoms in total. The maximum atomic E-state index is 12.0. The lowest BCUT2D eigenvalue weighted by Crippen LogP contribution is -2.47. The van der Waals surface area contributed by atoms with Crippen LogP contribution in [0, 0.1) is 0 Å². The molecule has 0 radical (unpaired) electrons. The Kier molecular flexibility index (Phi) is 3.34. The summed E-state index contributed by atoms with van der Waals surface area (Å²) in [6.45, 7) is 1.59. The topological polar surface area (TPSA) is 75.4 Å². The Morgan fingerprint density at radius 3 is 2.78 bits per heavy atom. The van der Waals surface area contributed by atoms with E-state index in [1.165, 1.54) is 4.90 Å². The van der Waals surface area contributed by atoms with Gasteiger partial charge in [0.25, 0.3) is 0 Å². The third-order valence-electron chi connectivity index (χ3n) is 3.08. The summed E-state index contributed by atoms with van der Waals surface area (Å²) in [6, 6.07) is 4.92. The van der Waals surface area contributed by atoms with Crippen LogP contribution in [0.4, 0.5) is 11.4 Å². The number of nitrogens with one attached hydrogen (secondary N) is 1. The number of aryl methyl sites for hydroxylation is 1. The van der Waals surface area contributed by atoms with Crippen molar-refractivity contribution in [1.82, 2.24) is 0 Å². The van der Waals surface area contributed by atoms with Crippen molar-refractivity contribution in [3.63, 3.8) is 0 Å². The fraction of sp³-hybridized carbons (Fsp3) is 0.385. The van der Waals surface area contributed by atoms with E-state index in [1.54, 1.807) is 13.0 Å². The molecule has 1 aromatic rings. The van der Waals surface area contributed by atoms with Crippen LogP contribution in [0.3, 0.4) is 0 Å². The number of amides is 2. The van der Waals surface area contributed by atoms with Crippen LogP contribution in [-0.4, -0.2) is 24.9 Å². The van der Waals surface area contributed by atoms with Gasteiger partial charge in [-0.05, 0) is 37.1 Å². The average molecular weight is 247 g/mol. The van der Waals surface area contributed by atoms with Crippen LogP contribution >= 0.6 is 0 Å². The zero-order valence-electron chi connectivity index (χ0n) is 10.6. The molecule has 2 rings (SSSR count). The molecule has 0 aliphatic carbocycles. The Labute approximate surface area is 106 Å². The summed E-state index contributed by atoms with van der Waals surface area (Å²) in [5.41, 5.74) is 8.21. The Morgan fingerprint density at radius 2 is 2.17 bits per heavy atom. The van der Waals surface area contributed by atoms with E-state index >= 15 is 0 Å². The second-order valence-corrected chi connectivity index (χ2v) is 4.45. The molecule has 0 saturated heterocycles. The van der Waals surface area contributed by atoms with Crippen molar-refractivity contribution < 1.29 is 9.59 Å². The highest BCUT2D eigenvalue weighted by atomic mass is 16.2. The van der Waals surface area contributed by atoms with Crippen LogP contribution in [0.5, 0.6) is 0 Å². The van der Waals surface area contributed by atoms with Gasteiger partial charge < -0.3 is 11.1 Å². The van der Waals surface area contributed by atoms with E-state index in [9.17, 15) is 9.59 Å². The maximum Gasteiger partial charge on any atom is 0.250 e. The fourth-order valence-corrected chi connectivity index (χ4v) is 2.09. The van der Waals surface area contributed by atoms with E-state index in [2.05, 4.69) is 5.32 Å². The smallest absolute Gasteiger partial charge is 0.250 e. The molecule has 0 spiro atoms. The van der Waals surface area contributed by atoms with E-state index in [-0.39, 0.29) is 11.8 Å². The molecule has 1 aliphatic rings. The predicted octanol–water partition coefficient (Wildman–Crippen LogP) is 0.881. The van der Waals surface area contributed by atoms with E-state index in [4.69, 9.17) is 5.73 Å². The van der Waals surface area contributed by atoms with Gasteiger partial charge in [-0.15, -0.1) is 0 Å². The van der Waals surface area contributed by atoms with Crippen molar-refractivity contribution in [2.24, 2.45) is 5.73 Å². The van der Waals surface area contributed by atoms with Crippen LogP contribution in [0.25, 0.3) is 0 Å². The molecular formula is C13H17N3O2. The van der Waals surface area contributed by atoms with Crippen LogP contribution in [0.2, 0.25) is 0 Å². The average Bonchev–Trinajstić information content (AvgIpc) is 2.37. The minimum Gasteiger partial charge on any atom is -0.388 e. The number of rotatable bonds is 2. The molecule has 0 fully saturated rings. The number of carbonyl (C=O) groups is 2. The van der Waals surface area contributed by atoms with E-state index in [1.807, 2.05) is 19.2 Å². The molecule has 1 heterocycles. The number of imide groups is 1. The molecule has 1 atom stereocenters. The quantitative estimate of drug-likeness (QED) is 0.813. The first-order valence-corrected chi connectivity index (χ1v) is 5.97. The zero-order chi connectivity index (χ0) is 13.3. The standard InChI is InChI=1S/C13H17N3O2/c1-8(14)13(18)16-11-5-4-10(15-2)7-9(11)3-6-12(16)17/h4-5,7-8,15H,3,6,14H2,1-2H3. The Balaban J connectivity index is 2.45. The Morgan fingerprint density at radius 1 is 1.44 bits per heavy atom. The first-order chi connectivity index (χ1) is 8.54. The Bertz CT molecular complexity index is 497. The molecule has 2 amide bonds. The number of benzene rings is 1. The SMILES string of the molecule is CNc1ccc2c(c1)CCC(=O)N2C(=O)C(C)N. The van der Waals surface area contributed by atoms with Gasteiger partial charge in [0, 0.05) is 19.2 Å². The van der Waals surface area contributed by atoms with Crippen molar-refractivity contribution in [1.29, 1.82) is 0 Å². The van der Waals surface area contributed by atoms with Gasteiger partial charge in [-0.3, -0.25) is 9.59 Å². The number of fused-ring (bicyclic) bond motifs is 1. The minimum atomic E-state index is -0.677. The summed E-state index contributed by atoms with van der Waals surface area (Å²) in [6.07, 6.45) is 1.01. The highest BCUT2D eigenvalue weighted by Crippen LogP contribution is 2.30. The van der Waals surface area contributed by atoms with Gasteiger partial charge in [-0.2, -0.15) is 0 Å². The monoisotopic (exact) mass is 247 g/mol. The van der Waals surface area contributed by atoms with Crippen molar-refractivity contribution in [2.45, 2.75) is 25.8 Å². The molecule has 96 valence electrons. The highest BCUT2D eigenvalue weighted by molar-refractivity contribution is 6.17. The minimum absolute atomic E-state index is 0.179. The number of carbonyl (C=O) groups excluding carboxylic acids is 2. The zero-order valence-corrected chi connectivity index (χ0v) is 10.6. The summed E-state index contributed by atoms with van der Waals surface area (Å²) in [5, 5.41) is 3.04. The second-order valence-electron chi connectivity index (χ2n) is 4.45. The molecule has 1 aromatic carbocycles. The molecular weight excluding hydrogens is 230 g/mol. The second kappa shape index (κ2) is 4.78. The van der Waals surface area contributed by atoms with Crippen molar-refractivity contribution in [2.75, 3.05) is 17.3 Å². The van der Waals surface area contributed by atoms with E-state index < -0.39 is 6.04 Å². The molecule has 1 unspecified atom stereocenters. The van der Waals surface area contributed by atoms with Crippen LogP contribution in [0.15, 0.2) is 18.2 Å². The van der Waals surface area contributed by atoms with E-state index in [0.717, 1.165) is 11.3 Å². The Hall–Kier alpha value is -1.88.